The summed E-state index contributed by atoms with van der Waals surface area (Å²) in [6, 6.07) is 2.60. The lowest BCUT2D eigenvalue weighted by molar-refractivity contribution is 0.199. The third-order valence-electron chi connectivity index (χ3n) is 2.33. The Bertz CT molecular complexity index is 410. The smallest absolute Gasteiger partial charge is 0.147 e. The number of methoxy groups -OCH3 is 1. The summed E-state index contributed by atoms with van der Waals surface area (Å²) in [6.45, 7) is 2.17. The van der Waals surface area contributed by atoms with E-state index in [1.807, 2.05) is 0 Å². The van der Waals surface area contributed by atoms with Crippen molar-refractivity contribution in [2.45, 2.75) is 6.42 Å². The zero-order valence-electron chi connectivity index (χ0n) is 10.2. The van der Waals surface area contributed by atoms with Crippen LogP contribution in [-0.4, -0.2) is 26.8 Å². The highest BCUT2D eigenvalue weighted by molar-refractivity contribution is 9.10. The molecule has 0 radical (unpaired) electrons. The van der Waals surface area contributed by atoms with Crippen LogP contribution in [0.15, 0.2) is 22.7 Å². The molecule has 0 aromatic heterocycles. The molecule has 0 heterocycles. The Morgan fingerprint density at radius 3 is 2.83 bits per heavy atom. The molecule has 0 saturated heterocycles. The van der Waals surface area contributed by atoms with Gasteiger partial charge in [-0.25, -0.2) is 8.78 Å². The van der Waals surface area contributed by atoms with Gasteiger partial charge in [0.15, 0.2) is 0 Å². The molecule has 1 aromatic rings. The van der Waals surface area contributed by atoms with Crippen molar-refractivity contribution in [3.05, 3.63) is 39.9 Å². The SMILES string of the molecule is COCCNCC/C=C/c1c(F)ccc(Br)c1F. The number of rotatable bonds is 7. The second-order valence-electron chi connectivity index (χ2n) is 3.69. The van der Waals surface area contributed by atoms with Gasteiger partial charge in [0, 0.05) is 19.2 Å². The molecule has 1 aromatic carbocycles. The second-order valence-corrected chi connectivity index (χ2v) is 4.55. The molecule has 0 saturated carbocycles. The molecule has 1 N–H and O–H groups in total. The summed E-state index contributed by atoms with van der Waals surface area (Å²) in [6.07, 6.45) is 3.91. The minimum absolute atomic E-state index is 0.0127. The summed E-state index contributed by atoms with van der Waals surface area (Å²) >= 11 is 3.03. The molecular formula is C13H16BrF2NO. The van der Waals surface area contributed by atoms with E-state index in [1.54, 1.807) is 13.2 Å². The van der Waals surface area contributed by atoms with Gasteiger partial charge >= 0.3 is 0 Å². The van der Waals surface area contributed by atoms with Crippen molar-refractivity contribution < 1.29 is 13.5 Å². The van der Waals surface area contributed by atoms with E-state index in [9.17, 15) is 8.78 Å². The summed E-state index contributed by atoms with van der Waals surface area (Å²) < 4.78 is 32.1. The maximum atomic E-state index is 13.6. The van der Waals surface area contributed by atoms with E-state index in [0.29, 0.717) is 13.0 Å². The molecule has 0 bridgehead atoms. The molecule has 0 amide bonds. The first-order valence-corrected chi connectivity index (χ1v) is 6.45. The van der Waals surface area contributed by atoms with Crippen LogP contribution in [0.25, 0.3) is 6.08 Å². The Balaban J connectivity index is 2.45. The molecule has 100 valence electrons. The lowest BCUT2D eigenvalue weighted by Gasteiger charge is -2.02. The highest BCUT2D eigenvalue weighted by Crippen LogP contribution is 2.22. The highest BCUT2D eigenvalue weighted by atomic mass is 79.9. The van der Waals surface area contributed by atoms with Gasteiger partial charge in [-0.2, -0.15) is 0 Å². The molecule has 0 aliphatic carbocycles. The quantitative estimate of drug-likeness (QED) is 0.614. The van der Waals surface area contributed by atoms with Crippen LogP contribution < -0.4 is 5.32 Å². The van der Waals surface area contributed by atoms with Gasteiger partial charge in [-0.1, -0.05) is 12.2 Å². The van der Waals surface area contributed by atoms with E-state index >= 15 is 0 Å². The lowest BCUT2D eigenvalue weighted by Crippen LogP contribution is -2.19. The van der Waals surface area contributed by atoms with E-state index in [0.717, 1.165) is 13.1 Å². The van der Waals surface area contributed by atoms with Crippen molar-refractivity contribution in [1.29, 1.82) is 0 Å². The van der Waals surface area contributed by atoms with Gasteiger partial charge in [0.05, 0.1) is 11.1 Å². The maximum absolute atomic E-state index is 13.6. The topological polar surface area (TPSA) is 21.3 Å². The van der Waals surface area contributed by atoms with Crippen LogP contribution in [0.1, 0.15) is 12.0 Å². The minimum Gasteiger partial charge on any atom is -0.383 e. The summed E-state index contributed by atoms with van der Waals surface area (Å²) in [5.41, 5.74) is -0.0127. The van der Waals surface area contributed by atoms with Crippen LogP contribution in [0.2, 0.25) is 0 Å². The maximum Gasteiger partial charge on any atom is 0.147 e. The molecule has 0 fully saturated rings. The van der Waals surface area contributed by atoms with Gasteiger partial charge < -0.3 is 10.1 Å². The van der Waals surface area contributed by atoms with Crippen LogP contribution in [0.3, 0.4) is 0 Å². The van der Waals surface area contributed by atoms with Crippen molar-refractivity contribution in [1.82, 2.24) is 5.32 Å². The van der Waals surface area contributed by atoms with Crippen molar-refractivity contribution in [2.75, 3.05) is 26.8 Å². The molecule has 0 atom stereocenters. The number of halogens is 3. The Morgan fingerprint density at radius 1 is 1.33 bits per heavy atom. The molecule has 1 rings (SSSR count). The predicted molar refractivity (Wildman–Crippen MR) is 72.5 cm³/mol. The summed E-state index contributed by atoms with van der Waals surface area (Å²) in [5.74, 6) is -1.13. The van der Waals surface area contributed by atoms with E-state index in [4.69, 9.17) is 4.74 Å². The van der Waals surface area contributed by atoms with E-state index in [1.165, 1.54) is 18.2 Å². The van der Waals surface area contributed by atoms with Gasteiger partial charge in [-0.3, -0.25) is 0 Å². The summed E-state index contributed by atoms with van der Waals surface area (Å²) in [5, 5.41) is 3.14. The monoisotopic (exact) mass is 319 g/mol. The van der Waals surface area contributed by atoms with Crippen LogP contribution in [0, 0.1) is 11.6 Å². The first-order valence-electron chi connectivity index (χ1n) is 5.66. The standard InChI is InChI=1S/C13H16BrF2NO/c1-18-9-8-17-7-3-2-4-10-12(15)6-5-11(14)13(10)16/h2,4-6,17H,3,7-9H2,1H3/b4-2+. The predicted octanol–water partition coefficient (Wildman–Crippen LogP) is 3.37. The Labute approximate surface area is 114 Å². The molecule has 18 heavy (non-hydrogen) atoms. The number of nitrogens with one attached hydrogen (secondary N) is 1. The fourth-order valence-corrected chi connectivity index (χ4v) is 1.73. The van der Waals surface area contributed by atoms with Crippen molar-refractivity contribution in [3.63, 3.8) is 0 Å². The number of hydrogen-bond acceptors (Lipinski definition) is 2. The van der Waals surface area contributed by atoms with Crippen LogP contribution in [0.4, 0.5) is 8.78 Å². The summed E-state index contributed by atoms with van der Waals surface area (Å²) in [4.78, 5) is 0. The third kappa shape index (κ3) is 4.84. The second kappa shape index (κ2) is 8.34. The fourth-order valence-electron chi connectivity index (χ4n) is 1.38. The zero-order chi connectivity index (χ0) is 13.4. The molecule has 2 nitrogen and oxygen atoms in total. The van der Waals surface area contributed by atoms with Gasteiger partial charge in [0.25, 0.3) is 0 Å². The molecule has 5 heteroatoms. The minimum atomic E-state index is -0.571. The molecule has 0 aliphatic rings. The van der Waals surface area contributed by atoms with Gasteiger partial charge in [-0.05, 0) is 41.0 Å². The number of benzene rings is 1. The average molecular weight is 320 g/mol. The number of hydrogen-bond donors (Lipinski definition) is 1. The third-order valence-corrected chi connectivity index (χ3v) is 2.95. The zero-order valence-corrected chi connectivity index (χ0v) is 11.8. The average Bonchev–Trinajstić information content (AvgIpc) is 2.36. The Kier molecular flexibility index (Phi) is 7.08. The highest BCUT2D eigenvalue weighted by Gasteiger charge is 2.08. The van der Waals surface area contributed by atoms with E-state index in [-0.39, 0.29) is 10.0 Å². The first-order chi connectivity index (χ1) is 8.66. The number of ether oxygens (including phenoxy) is 1. The molecule has 0 aliphatic heterocycles. The van der Waals surface area contributed by atoms with Crippen molar-refractivity contribution >= 4 is 22.0 Å². The van der Waals surface area contributed by atoms with Gasteiger partial charge in [0.1, 0.15) is 11.6 Å². The van der Waals surface area contributed by atoms with Crippen LogP contribution >= 0.6 is 15.9 Å². The fraction of sp³-hybridized carbons (Fsp3) is 0.385. The van der Waals surface area contributed by atoms with Crippen LogP contribution in [-0.2, 0) is 4.74 Å². The Morgan fingerprint density at radius 2 is 2.11 bits per heavy atom. The van der Waals surface area contributed by atoms with Crippen LogP contribution in [0.5, 0.6) is 0 Å². The first kappa shape index (κ1) is 15.3. The van der Waals surface area contributed by atoms with E-state index in [2.05, 4.69) is 21.2 Å². The molecular weight excluding hydrogens is 304 g/mol. The lowest BCUT2D eigenvalue weighted by atomic mass is 10.1. The normalized spacial score (nSPS) is 11.3. The molecule has 0 spiro atoms. The Hall–Kier alpha value is -0.780. The van der Waals surface area contributed by atoms with Crippen molar-refractivity contribution in [2.24, 2.45) is 0 Å². The molecule has 0 unspecified atom stereocenters. The van der Waals surface area contributed by atoms with Gasteiger partial charge in [0.2, 0.25) is 0 Å². The summed E-state index contributed by atoms with van der Waals surface area (Å²) in [7, 11) is 1.64. The van der Waals surface area contributed by atoms with E-state index < -0.39 is 11.6 Å². The largest absolute Gasteiger partial charge is 0.383 e. The van der Waals surface area contributed by atoms with Gasteiger partial charge in [-0.15, -0.1) is 0 Å². The van der Waals surface area contributed by atoms with Crippen molar-refractivity contribution in [3.8, 4) is 0 Å².